The average Bonchev–Trinajstić information content (AvgIpc) is 2.72. The quantitative estimate of drug-likeness (QED) is 0.599. The summed E-state index contributed by atoms with van der Waals surface area (Å²) in [6, 6.07) is 25.2. The van der Waals surface area contributed by atoms with Gasteiger partial charge in [-0.15, -0.1) is 0 Å². The van der Waals surface area contributed by atoms with Crippen LogP contribution in [-0.2, 0) is 11.3 Å². The molecule has 0 saturated carbocycles. The predicted molar refractivity (Wildman–Crippen MR) is 103 cm³/mol. The molecule has 0 amide bonds. The van der Waals surface area contributed by atoms with Crippen molar-refractivity contribution in [1.29, 1.82) is 0 Å². The molecule has 0 N–H and O–H groups in total. The van der Waals surface area contributed by atoms with Crippen LogP contribution in [-0.4, -0.2) is 20.1 Å². The van der Waals surface area contributed by atoms with Gasteiger partial charge in [-0.3, -0.25) is 0 Å². The molecule has 0 radical (unpaired) electrons. The maximum absolute atomic E-state index is 12.0. The lowest BCUT2D eigenvalue weighted by Crippen LogP contribution is -2.14. The molecule has 0 aliphatic carbocycles. The predicted octanol–water partition coefficient (Wildman–Crippen LogP) is 4.82. The fourth-order valence-electron chi connectivity index (χ4n) is 2.69. The van der Waals surface area contributed by atoms with Crippen molar-refractivity contribution in [2.45, 2.75) is 6.61 Å². The normalized spacial score (nSPS) is 10.2. The first-order valence-electron chi connectivity index (χ1n) is 8.37. The largest absolute Gasteiger partial charge is 0.489 e. The van der Waals surface area contributed by atoms with Gasteiger partial charge < -0.3 is 14.4 Å². The van der Waals surface area contributed by atoms with E-state index in [1.165, 1.54) is 7.11 Å². The van der Waals surface area contributed by atoms with Crippen LogP contribution < -0.4 is 9.64 Å². The maximum Gasteiger partial charge on any atom is 0.339 e. The third kappa shape index (κ3) is 4.03. The Morgan fingerprint density at radius 1 is 0.885 bits per heavy atom. The number of nitrogens with zero attached hydrogens (tertiary/aromatic N) is 1. The number of hydrogen-bond acceptors (Lipinski definition) is 4. The molecule has 0 unspecified atom stereocenters. The van der Waals surface area contributed by atoms with Crippen LogP contribution in [0.4, 0.5) is 11.4 Å². The van der Waals surface area contributed by atoms with E-state index in [0.717, 1.165) is 22.7 Å². The van der Waals surface area contributed by atoms with Gasteiger partial charge in [0.25, 0.3) is 0 Å². The number of carbonyl (C=O) groups is 1. The number of ether oxygens (including phenoxy) is 2. The van der Waals surface area contributed by atoms with Gasteiger partial charge in [0, 0.05) is 12.7 Å². The van der Waals surface area contributed by atoms with Crippen molar-refractivity contribution in [2.75, 3.05) is 19.1 Å². The van der Waals surface area contributed by atoms with E-state index in [1.807, 2.05) is 84.7 Å². The lowest BCUT2D eigenvalue weighted by molar-refractivity contribution is 0.0601. The molecule has 0 aromatic heterocycles. The Bertz CT molecular complexity index is 860. The first-order chi connectivity index (χ1) is 12.7. The summed E-state index contributed by atoms with van der Waals surface area (Å²) in [7, 11) is 3.31. The molecule has 0 fully saturated rings. The zero-order valence-corrected chi connectivity index (χ0v) is 14.9. The Balaban J connectivity index is 1.73. The Morgan fingerprint density at radius 2 is 1.54 bits per heavy atom. The average molecular weight is 347 g/mol. The summed E-state index contributed by atoms with van der Waals surface area (Å²) in [5.41, 5.74) is 3.40. The topological polar surface area (TPSA) is 38.8 Å². The van der Waals surface area contributed by atoms with Gasteiger partial charge in [0.15, 0.2) is 0 Å². The highest BCUT2D eigenvalue weighted by Crippen LogP contribution is 2.29. The lowest BCUT2D eigenvalue weighted by Gasteiger charge is -2.22. The van der Waals surface area contributed by atoms with Crippen molar-refractivity contribution < 1.29 is 14.3 Å². The van der Waals surface area contributed by atoms with Crippen LogP contribution >= 0.6 is 0 Å². The highest BCUT2D eigenvalue weighted by atomic mass is 16.5. The molecule has 132 valence electrons. The fourth-order valence-corrected chi connectivity index (χ4v) is 2.69. The number of methoxy groups -OCH3 is 1. The molecule has 3 aromatic carbocycles. The minimum atomic E-state index is -0.352. The van der Waals surface area contributed by atoms with Crippen molar-refractivity contribution >= 4 is 17.3 Å². The fraction of sp³-hybridized carbons (Fsp3) is 0.136. The Hall–Kier alpha value is -3.27. The second-order valence-corrected chi connectivity index (χ2v) is 5.84. The molecule has 3 rings (SSSR count). The van der Waals surface area contributed by atoms with Crippen molar-refractivity contribution in [2.24, 2.45) is 0 Å². The molecule has 4 nitrogen and oxygen atoms in total. The minimum absolute atomic E-state index is 0.352. The number of rotatable bonds is 6. The molecule has 0 aliphatic heterocycles. The number of anilines is 2. The molecule has 0 saturated heterocycles. The highest BCUT2D eigenvalue weighted by Gasteiger charge is 2.15. The van der Waals surface area contributed by atoms with Crippen LogP contribution in [0.2, 0.25) is 0 Å². The van der Waals surface area contributed by atoms with E-state index in [9.17, 15) is 4.79 Å². The number of esters is 1. The molecule has 0 bridgehead atoms. The van der Waals surface area contributed by atoms with Crippen LogP contribution in [0, 0.1) is 0 Å². The number of carbonyl (C=O) groups excluding carboxylic acids is 1. The summed E-state index contributed by atoms with van der Waals surface area (Å²) in [5.74, 6) is 0.447. The summed E-state index contributed by atoms with van der Waals surface area (Å²) in [6.07, 6.45) is 0. The van der Waals surface area contributed by atoms with Gasteiger partial charge in [0.1, 0.15) is 12.4 Å². The van der Waals surface area contributed by atoms with E-state index in [-0.39, 0.29) is 5.97 Å². The standard InChI is InChI=1S/C22H21NO3/c1-23(21-11-7-6-10-20(21)22(24)25-2)18-12-14-19(15-13-18)26-16-17-8-4-3-5-9-17/h3-15H,16H2,1-2H3. The second-order valence-electron chi connectivity index (χ2n) is 5.84. The van der Waals surface area contributed by atoms with Crippen molar-refractivity contribution in [3.8, 4) is 5.75 Å². The van der Waals surface area contributed by atoms with Gasteiger partial charge >= 0.3 is 5.97 Å². The van der Waals surface area contributed by atoms with E-state index in [1.54, 1.807) is 6.07 Å². The Labute approximate surface area is 153 Å². The smallest absolute Gasteiger partial charge is 0.339 e. The molecule has 3 aromatic rings. The van der Waals surface area contributed by atoms with Crippen LogP contribution in [0.3, 0.4) is 0 Å². The van der Waals surface area contributed by atoms with E-state index in [4.69, 9.17) is 9.47 Å². The van der Waals surface area contributed by atoms with Gasteiger partial charge in [-0.25, -0.2) is 4.79 Å². The number of benzene rings is 3. The third-order valence-electron chi connectivity index (χ3n) is 4.14. The zero-order chi connectivity index (χ0) is 18.4. The lowest BCUT2D eigenvalue weighted by atomic mass is 10.1. The van der Waals surface area contributed by atoms with Crippen LogP contribution in [0.5, 0.6) is 5.75 Å². The summed E-state index contributed by atoms with van der Waals surface area (Å²) >= 11 is 0. The molecular formula is C22H21NO3. The maximum atomic E-state index is 12.0. The summed E-state index contributed by atoms with van der Waals surface area (Å²) in [6.45, 7) is 0.529. The molecule has 0 atom stereocenters. The Kier molecular flexibility index (Phi) is 5.54. The van der Waals surface area contributed by atoms with Crippen molar-refractivity contribution in [3.05, 3.63) is 90.0 Å². The number of hydrogen-bond donors (Lipinski definition) is 0. The molecule has 0 aliphatic rings. The van der Waals surface area contributed by atoms with Crippen LogP contribution in [0.1, 0.15) is 15.9 Å². The highest BCUT2D eigenvalue weighted by molar-refractivity contribution is 5.96. The van der Waals surface area contributed by atoms with Gasteiger partial charge in [0.2, 0.25) is 0 Å². The Morgan fingerprint density at radius 3 is 2.23 bits per heavy atom. The summed E-state index contributed by atoms with van der Waals surface area (Å²) in [4.78, 5) is 13.9. The molecular weight excluding hydrogens is 326 g/mol. The second kappa shape index (κ2) is 8.21. The molecule has 0 spiro atoms. The molecule has 0 heterocycles. The van der Waals surface area contributed by atoms with Crippen LogP contribution in [0.15, 0.2) is 78.9 Å². The van der Waals surface area contributed by atoms with E-state index < -0.39 is 0 Å². The van der Waals surface area contributed by atoms with Crippen molar-refractivity contribution in [1.82, 2.24) is 0 Å². The third-order valence-corrected chi connectivity index (χ3v) is 4.14. The van der Waals surface area contributed by atoms with Gasteiger partial charge in [-0.2, -0.15) is 0 Å². The molecule has 4 heteroatoms. The summed E-state index contributed by atoms with van der Waals surface area (Å²) in [5, 5.41) is 0. The van der Waals surface area contributed by atoms with Crippen LogP contribution in [0.25, 0.3) is 0 Å². The monoisotopic (exact) mass is 347 g/mol. The van der Waals surface area contributed by atoms with Gasteiger partial charge in [-0.1, -0.05) is 42.5 Å². The summed E-state index contributed by atoms with van der Waals surface area (Å²) < 4.78 is 10.7. The first-order valence-corrected chi connectivity index (χ1v) is 8.37. The first kappa shape index (κ1) is 17.5. The minimum Gasteiger partial charge on any atom is -0.489 e. The van der Waals surface area contributed by atoms with E-state index in [2.05, 4.69) is 0 Å². The molecule has 26 heavy (non-hydrogen) atoms. The van der Waals surface area contributed by atoms with Crippen molar-refractivity contribution in [3.63, 3.8) is 0 Å². The zero-order valence-electron chi connectivity index (χ0n) is 14.9. The van der Waals surface area contributed by atoms with Gasteiger partial charge in [-0.05, 0) is 42.0 Å². The van der Waals surface area contributed by atoms with E-state index in [0.29, 0.717) is 12.2 Å². The SMILES string of the molecule is COC(=O)c1ccccc1N(C)c1ccc(OCc2ccccc2)cc1. The van der Waals surface area contributed by atoms with E-state index >= 15 is 0 Å². The van der Waals surface area contributed by atoms with Gasteiger partial charge in [0.05, 0.1) is 18.4 Å². The number of para-hydroxylation sites is 1.